The molecule has 5 rings (SSSR count). The predicted molar refractivity (Wildman–Crippen MR) is 180 cm³/mol. The van der Waals surface area contributed by atoms with E-state index in [9.17, 15) is 23.2 Å². The molecular weight excluding hydrogens is 638 g/mol. The molecule has 4 aromatic rings. The number of ether oxygens (including phenoxy) is 3. The SMILES string of the molecule is CC(=O)N1CCN(c2ncc(-c3ccc4c(=O)n(C)n(Cc5cc(CC(C)OC(=O)OC(C)(C)C)ccc5OC(F)F)c4c3)cn2)C[C@H]1C. The Balaban J connectivity index is 1.41. The van der Waals surface area contributed by atoms with Gasteiger partial charge in [0.1, 0.15) is 17.5 Å². The van der Waals surface area contributed by atoms with Crippen LogP contribution < -0.4 is 15.2 Å². The summed E-state index contributed by atoms with van der Waals surface area (Å²) in [7, 11) is 1.61. The van der Waals surface area contributed by atoms with E-state index in [1.165, 1.54) is 10.7 Å². The van der Waals surface area contributed by atoms with Crippen LogP contribution in [-0.2, 0) is 34.3 Å². The van der Waals surface area contributed by atoms with Crippen LogP contribution in [-0.4, -0.2) is 80.3 Å². The van der Waals surface area contributed by atoms with Gasteiger partial charge in [-0.25, -0.2) is 14.8 Å². The monoisotopic (exact) mass is 680 g/mol. The van der Waals surface area contributed by atoms with E-state index in [1.807, 2.05) is 28.9 Å². The smallest absolute Gasteiger partial charge is 0.434 e. The highest BCUT2D eigenvalue weighted by molar-refractivity contribution is 5.84. The van der Waals surface area contributed by atoms with Gasteiger partial charge in [0, 0.05) is 69.6 Å². The number of hydrogen-bond acceptors (Lipinski definition) is 9. The summed E-state index contributed by atoms with van der Waals surface area (Å²) in [5.74, 6) is 0.573. The third-order valence-electron chi connectivity index (χ3n) is 8.32. The second kappa shape index (κ2) is 14.2. The molecule has 14 heteroatoms. The summed E-state index contributed by atoms with van der Waals surface area (Å²) in [4.78, 5) is 50.4. The van der Waals surface area contributed by atoms with E-state index in [0.29, 0.717) is 47.6 Å². The minimum atomic E-state index is -3.06. The summed E-state index contributed by atoms with van der Waals surface area (Å²) in [5.41, 5.74) is 2.23. The van der Waals surface area contributed by atoms with Crippen LogP contribution in [0.2, 0.25) is 0 Å². The Morgan fingerprint density at radius 2 is 1.76 bits per heavy atom. The van der Waals surface area contributed by atoms with Gasteiger partial charge in [0.2, 0.25) is 11.9 Å². The summed E-state index contributed by atoms with van der Waals surface area (Å²) < 4.78 is 45.5. The number of halogens is 2. The van der Waals surface area contributed by atoms with Crippen molar-refractivity contribution in [3.63, 3.8) is 0 Å². The van der Waals surface area contributed by atoms with Gasteiger partial charge >= 0.3 is 12.8 Å². The summed E-state index contributed by atoms with van der Waals surface area (Å²) >= 11 is 0. The van der Waals surface area contributed by atoms with E-state index < -0.39 is 24.5 Å². The number of piperazine rings is 1. The van der Waals surface area contributed by atoms with Crippen LogP contribution in [0.4, 0.5) is 19.5 Å². The topological polar surface area (TPSA) is 121 Å². The van der Waals surface area contributed by atoms with Crippen molar-refractivity contribution in [3.8, 4) is 16.9 Å². The summed E-state index contributed by atoms with van der Waals surface area (Å²) in [5, 5.41) is 0.452. The quantitative estimate of drug-likeness (QED) is 0.215. The zero-order chi connectivity index (χ0) is 35.6. The van der Waals surface area contributed by atoms with Gasteiger partial charge in [0.15, 0.2) is 0 Å². The van der Waals surface area contributed by atoms with Crippen molar-refractivity contribution >= 4 is 28.9 Å². The Labute approximate surface area is 283 Å². The van der Waals surface area contributed by atoms with Gasteiger partial charge in [0.05, 0.1) is 17.4 Å². The minimum Gasteiger partial charge on any atom is -0.434 e. The number of aromatic nitrogens is 4. The van der Waals surface area contributed by atoms with Gasteiger partial charge in [-0.3, -0.25) is 19.0 Å². The minimum absolute atomic E-state index is 0.0349. The summed E-state index contributed by atoms with van der Waals surface area (Å²) in [6.07, 6.45) is 2.36. The lowest BCUT2D eigenvalue weighted by atomic mass is 10.0. The normalized spacial score (nSPS) is 15.8. The fraction of sp³-hybridized carbons (Fsp3) is 0.457. The molecule has 12 nitrogen and oxygen atoms in total. The van der Waals surface area contributed by atoms with Gasteiger partial charge in [-0.1, -0.05) is 18.2 Å². The van der Waals surface area contributed by atoms with E-state index in [2.05, 4.69) is 9.97 Å². The fourth-order valence-electron chi connectivity index (χ4n) is 6.05. The lowest BCUT2D eigenvalue weighted by Gasteiger charge is -2.39. The number of carbonyl (C=O) groups excluding carboxylic acids is 2. The number of alkyl halides is 2. The number of benzene rings is 2. The van der Waals surface area contributed by atoms with Gasteiger partial charge in [-0.2, -0.15) is 8.78 Å². The molecule has 2 aromatic heterocycles. The highest BCUT2D eigenvalue weighted by atomic mass is 19.3. The molecule has 1 saturated heterocycles. The third-order valence-corrected chi connectivity index (χ3v) is 8.32. The number of hydrogen-bond donors (Lipinski definition) is 0. The molecule has 1 amide bonds. The number of rotatable bonds is 9. The standard InChI is InChI=1S/C35H42F2N6O6/c1-21-19-41(12-13-42(21)23(3)44)33-38-17-27(18-39-33)25-9-10-28-29(16-25)43(40(7)31(28)45)20-26-15-24(8-11-30(26)48-32(36)37)14-22(2)47-34(46)49-35(4,5)6/h8-11,15-18,21-22,32H,12-14,19-20H2,1-7H3/t21-,22?/m1/s1. The number of anilines is 1. The first-order valence-electron chi connectivity index (χ1n) is 16.1. The molecule has 0 spiro atoms. The molecule has 262 valence electrons. The third kappa shape index (κ3) is 8.35. The lowest BCUT2D eigenvalue weighted by molar-refractivity contribution is -0.131. The average Bonchev–Trinajstić information content (AvgIpc) is 3.25. The molecule has 1 unspecified atom stereocenters. The van der Waals surface area contributed by atoms with E-state index in [-0.39, 0.29) is 36.2 Å². The summed E-state index contributed by atoms with van der Waals surface area (Å²) in [6, 6.07) is 10.2. The first-order valence-corrected chi connectivity index (χ1v) is 16.1. The molecule has 2 atom stereocenters. The van der Waals surface area contributed by atoms with Crippen LogP contribution >= 0.6 is 0 Å². The van der Waals surface area contributed by atoms with Crippen LogP contribution in [0.25, 0.3) is 22.0 Å². The number of amides is 1. The molecule has 1 aliphatic heterocycles. The first kappa shape index (κ1) is 35.3. The molecule has 0 aliphatic carbocycles. The average molecular weight is 681 g/mol. The molecule has 0 saturated carbocycles. The van der Waals surface area contributed by atoms with Gasteiger partial charge in [-0.15, -0.1) is 0 Å². The van der Waals surface area contributed by atoms with Crippen LogP contribution in [0.3, 0.4) is 0 Å². The van der Waals surface area contributed by atoms with Crippen molar-refractivity contribution in [2.75, 3.05) is 24.5 Å². The fourth-order valence-corrected chi connectivity index (χ4v) is 6.05. The maximum atomic E-state index is 13.4. The lowest BCUT2D eigenvalue weighted by Crippen LogP contribution is -2.53. The second-order valence-corrected chi connectivity index (χ2v) is 13.3. The number of nitrogens with zero attached hydrogens (tertiary/aromatic N) is 6. The largest absolute Gasteiger partial charge is 0.509 e. The van der Waals surface area contributed by atoms with Crippen molar-refractivity contribution < 1.29 is 32.6 Å². The van der Waals surface area contributed by atoms with Crippen LogP contribution in [0.1, 0.15) is 52.7 Å². The molecular formula is C35H42F2N6O6. The molecule has 1 fully saturated rings. The molecule has 1 aliphatic rings. The van der Waals surface area contributed by atoms with Gasteiger partial charge < -0.3 is 24.0 Å². The molecule has 0 radical (unpaired) electrons. The summed E-state index contributed by atoms with van der Waals surface area (Å²) in [6.45, 7) is 9.31. The van der Waals surface area contributed by atoms with Crippen molar-refractivity contribution in [1.29, 1.82) is 0 Å². The number of fused-ring (bicyclic) bond motifs is 1. The second-order valence-electron chi connectivity index (χ2n) is 13.3. The Bertz CT molecular complexity index is 1880. The predicted octanol–water partition coefficient (Wildman–Crippen LogP) is 5.39. The molecule has 3 heterocycles. The molecule has 0 bridgehead atoms. The number of carbonyl (C=O) groups is 2. The van der Waals surface area contributed by atoms with Gasteiger partial charge in [-0.05, 0) is 63.9 Å². The van der Waals surface area contributed by atoms with Crippen molar-refractivity contribution in [2.45, 2.75) is 78.9 Å². The zero-order valence-electron chi connectivity index (χ0n) is 28.8. The Morgan fingerprint density at radius 3 is 2.39 bits per heavy atom. The Kier molecular flexibility index (Phi) is 10.2. The maximum Gasteiger partial charge on any atom is 0.509 e. The van der Waals surface area contributed by atoms with E-state index in [1.54, 1.807) is 76.9 Å². The van der Waals surface area contributed by atoms with Crippen LogP contribution in [0, 0.1) is 0 Å². The van der Waals surface area contributed by atoms with Gasteiger partial charge in [0.25, 0.3) is 5.56 Å². The van der Waals surface area contributed by atoms with E-state index in [4.69, 9.17) is 14.2 Å². The van der Waals surface area contributed by atoms with Crippen molar-refractivity contribution in [1.82, 2.24) is 24.2 Å². The zero-order valence-corrected chi connectivity index (χ0v) is 28.8. The molecule has 2 aromatic carbocycles. The Morgan fingerprint density at radius 1 is 1.04 bits per heavy atom. The Hall–Kier alpha value is -5.01. The highest BCUT2D eigenvalue weighted by Crippen LogP contribution is 2.28. The maximum absolute atomic E-state index is 13.4. The highest BCUT2D eigenvalue weighted by Gasteiger charge is 2.27. The van der Waals surface area contributed by atoms with Crippen molar-refractivity contribution in [3.05, 3.63) is 70.3 Å². The van der Waals surface area contributed by atoms with Crippen molar-refractivity contribution in [2.24, 2.45) is 7.05 Å². The van der Waals surface area contributed by atoms with E-state index >= 15 is 0 Å². The van der Waals surface area contributed by atoms with Crippen LogP contribution in [0.15, 0.2) is 53.6 Å². The van der Waals surface area contributed by atoms with E-state index in [0.717, 1.165) is 11.1 Å². The molecule has 0 N–H and O–H groups in total. The first-order chi connectivity index (χ1) is 23.1. The molecule has 49 heavy (non-hydrogen) atoms. The van der Waals surface area contributed by atoms with Crippen LogP contribution in [0.5, 0.6) is 5.75 Å².